The van der Waals surface area contributed by atoms with Crippen molar-refractivity contribution < 1.29 is 13.7 Å². The number of hydrogen-bond acceptors (Lipinski definition) is 9. The van der Waals surface area contributed by atoms with Crippen molar-refractivity contribution >= 4 is 33.5 Å². The molecule has 1 fully saturated rings. The number of carbonyl (C=O) groups excluding carboxylic acids is 1. The Morgan fingerprint density at radius 3 is 2.41 bits per heavy atom. The third-order valence-corrected chi connectivity index (χ3v) is 13.1. The van der Waals surface area contributed by atoms with Crippen LogP contribution in [-0.2, 0) is 25.6 Å². The van der Waals surface area contributed by atoms with Crippen LogP contribution in [0, 0.1) is 25.6 Å². The average Bonchev–Trinajstić information content (AvgIpc) is 3.91. The molecular weight excluding hydrogens is 816 g/mol. The minimum absolute atomic E-state index is 0.00752. The molecule has 16 nitrogen and oxygen atoms in total. The topological polar surface area (TPSA) is 163 Å². The molecule has 0 saturated heterocycles. The van der Waals surface area contributed by atoms with E-state index >= 15 is 9.18 Å². The van der Waals surface area contributed by atoms with Gasteiger partial charge < -0.3 is 14.4 Å². The molecule has 2 atom stereocenters. The number of pyridine rings is 1. The highest BCUT2D eigenvalue weighted by atomic mass is 19.1. The van der Waals surface area contributed by atoms with Crippen LogP contribution >= 0.6 is 0 Å². The first-order valence-electron chi connectivity index (χ1n) is 21.1. The molecule has 0 spiro atoms. The van der Waals surface area contributed by atoms with Crippen molar-refractivity contribution in [3.8, 4) is 28.3 Å². The summed E-state index contributed by atoms with van der Waals surface area (Å²) in [5.41, 5.74) is 6.41. The molecule has 1 amide bonds. The van der Waals surface area contributed by atoms with Crippen molar-refractivity contribution in [1.82, 2.24) is 53.3 Å². The number of H-pyrrole nitrogens is 1. The van der Waals surface area contributed by atoms with E-state index in [0.29, 0.717) is 64.8 Å². The lowest BCUT2D eigenvalue weighted by Crippen LogP contribution is -2.39. The number of anilines is 1. The zero-order chi connectivity index (χ0) is 44.3. The molecule has 322 valence electrons. The third kappa shape index (κ3) is 5.90. The molecule has 11 rings (SSSR count). The highest BCUT2D eigenvalue weighted by Crippen LogP contribution is 2.56. The van der Waals surface area contributed by atoms with Crippen LogP contribution in [0.5, 0.6) is 0 Å². The lowest BCUT2D eigenvalue weighted by Gasteiger charge is -2.29. The number of benzene rings is 3. The van der Waals surface area contributed by atoms with Gasteiger partial charge in [-0.25, -0.2) is 23.6 Å². The average molecular weight is 859 g/mol. The molecular formula is C47H43FN12O4. The van der Waals surface area contributed by atoms with Gasteiger partial charge in [0.1, 0.15) is 28.7 Å². The second-order valence-electron chi connectivity index (χ2n) is 17.3. The van der Waals surface area contributed by atoms with E-state index in [4.69, 9.17) is 9.62 Å². The summed E-state index contributed by atoms with van der Waals surface area (Å²) in [6.45, 7) is 5.93. The molecule has 1 aliphatic heterocycles. The SMILES string of the molecule is Cc1cc(-n2nc3c(c2-n2ccn(-c4ccc5c(cnn5C)c4)c2=O)CN(C(=O)c2cc4cc(-c5ccnc(N(C)C)c5)ccc4n2[C@@]2(c4noc(=O)[nH]4)C[C@@H]2C)CC3)cc(C)c1F. The summed E-state index contributed by atoms with van der Waals surface area (Å²) in [5, 5.41) is 15.3. The largest absolute Gasteiger partial charge is 0.438 e. The van der Waals surface area contributed by atoms with Crippen molar-refractivity contribution in [1.29, 1.82) is 0 Å². The van der Waals surface area contributed by atoms with Crippen LogP contribution < -0.4 is 16.3 Å². The van der Waals surface area contributed by atoms with Gasteiger partial charge in [0, 0.05) is 74.6 Å². The van der Waals surface area contributed by atoms with Crippen molar-refractivity contribution in [3.63, 3.8) is 0 Å². The molecule has 9 aromatic rings. The van der Waals surface area contributed by atoms with Crippen molar-refractivity contribution in [2.75, 3.05) is 25.5 Å². The first kappa shape index (κ1) is 39.1. The Kier molecular flexibility index (Phi) is 8.60. The van der Waals surface area contributed by atoms with Gasteiger partial charge in [0.05, 0.1) is 35.3 Å². The van der Waals surface area contributed by atoms with Gasteiger partial charge in [-0.2, -0.15) is 10.2 Å². The maximum absolute atomic E-state index is 15.3. The minimum Gasteiger partial charge on any atom is -0.363 e. The molecule has 7 heterocycles. The molecule has 17 heteroatoms. The molecule has 2 aliphatic rings. The number of imidazole rings is 1. The first-order valence-corrected chi connectivity index (χ1v) is 21.1. The Morgan fingerprint density at radius 2 is 1.67 bits per heavy atom. The summed E-state index contributed by atoms with van der Waals surface area (Å²) < 4.78 is 28.7. The van der Waals surface area contributed by atoms with E-state index in [-0.39, 0.29) is 29.9 Å². The molecule has 1 saturated carbocycles. The van der Waals surface area contributed by atoms with Gasteiger partial charge in [-0.3, -0.25) is 28.1 Å². The van der Waals surface area contributed by atoms with Gasteiger partial charge >= 0.3 is 11.4 Å². The Balaban J connectivity index is 1.04. The van der Waals surface area contributed by atoms with E-state index < -0.39 is 11.3 Å². The van der Waals surface area contributed by atoms with Crippen LogP contribution in [0.15, 0.2) is 106 Å². The van der Waals surface area contributed by atoms with E-state index in [2.05, 4.69) is 33.2 Å². The second-order valence-corrected chi connectivity index (χ2v) is 17.3. The maximum Gasteiger partial charge on any atom is 0.438 e. The van der Waals surface area contributed by atoms with Gasteiger partial charge in [0.2, 0.25) is 0 Å². The predicted octanol–water partition coefficient (Wildman–Crippen LogP) is 6.20. The number of aromatic amines is 1. The first-order chi connectivity index (χ1) is 30.8. The summed E-state index contributed by atoms with van der Waals surface area (Å²) >= 11 is 0. The number of carbonyl (C=O) groups is 1. The van der Waals surface area contributed by atoms with E-state index in [1.54, 1.807) is 74.2 Å². The number of amides is 1. The normalized spacial score (nSPS) is 17.1. The van der Waals surface area contributed by atoms with Crippen LogP contribution in [0.4, 0.5) is 10.2 Å². The van der Waals surface area contributed by atoms with E-state index in [9.17, 15) is 9.59 Å². The molecule has 3 aromatic carbocycles. The van der Waals surface area contributed by atoms with Gasteiger partial charge in [-0.1, -0.05) is 18.1 Å². The van der Waals surface area contributed by atoms with Gasteiger partial charge in [-0.15, -0.1) is 0 Å². The minimum atomic E-state index is -0.848. The van der Waals surface area contributed by atoms with Crippen molar-refractivity contribution in [3.05, 3.63) is 152 Å². The second kappa shape index (κ2) is 14.1. The zero-order valence-electron chi connectivity index (χ0n) is 36.0. The third-order valence-electron chi connectivity index (χ3n) is 13.1. The number of fused-ring (bicyclic) bond motifs is 3. The highest BCUT2D eigenvalue weighted by molar-refractivity contribution is 6.00. The number of nitrogens with zero attached hydrogens (tertiary/aromatic N) is 11. The quantitative estimate of drug-likeness (QED) is 0.188. The van der Waals surface area contributed by atoms with Gasteiger partial charge in [-0.05, 0) is 109 Å². The van der Waals surface area contributed by atoms with Crippen LogP contribution in [0.3, 0.4) is 0 Å². The van der Waals surface area contributed by atoms with Crippen molar-refractivity contribution in [2.24, 2.45) is 13.0 Å². The number of aromatic nitrogens is 10. The summed E-state index contributed by atoms with van der Waals surface area (Å²) in [6, 6.07) is 21.1. The lowest BCUT2D eigenvalue weighted by atomic mass is 10.0. The molecule has 0 radical (unpaired) electrons. The van der Waals surface area contributed by atoms with E-state index in [1.807, 2.05) is 79.1 Å². The monoisotopic (exact) mass is 858 g/mol. The van der Waals surface area contributed by atoms with Gasteiger partial charge in [0.25, 0.3) is 5.91 Å². The molecule has 1 aliphatic carbocycles. The number of hydrogen-bond donors (Lipinski definition) is 1. The fourth-order valence-electron chi connectivity index (χ4n) is 9.60. The molecule has 6 aromatic heterocycles. The predicted molar refractivity (Wildman–Crippen MR) is 238 cm³/mol. The summed E-state index contributed by atoms with van der Waals surface area (Å²) in [5.74, 6) is 0.403. The van der Waals surface area contributed by atoms with Gasteiger partial charge in [0.15, 0.2) is 5.82 Å². The Labute approximate surface area is 364 Å². The Hall–Kier alpha value is -7.82. The van der Waals surface area contributed by atoms with Crippen LogP contribution in [0.2, 0.25) is 0 Å². The Morgan fingerprint density at radius 1 is 0.922 bits per heavy atom. The number of halogens is 1. The maximum atomic E-state index is 15.3. The Bertz CT molecular complexity index is 3480. The standard InChI is InChI=1S/C47H43FN12O4/c1-26-17-34(18-27(2)41(26)48)60-42(58-16-15-57(46(58)63)33-8-10-37-32(20-33)24-50-55(37)6)35-25-56(14-12-36(35)52-60)43(61)39-21-31-19-29(30-11-13-49-40(22-30)54(4)5)7-9-38(31)59(39)47(23-28(47)3)44-51-45(62)64-53-44/h7-11,13,15-22,24,28H,12,14,23,25H2,1-6H3,(H,51,53,62)/t28-,47-/m0/s1. The van der Waals surface area contributed by atoms with E-state index in [1.165, 1.54) is 0 Å². The summed E-state index contributed by atoms with van der Waals surface area (Å²) in [4.78, 5) is 53.3. The van der Waals surface area contributed by atoms with Crippen LogP contribution in [0.1, 0.15) is 52.0 Å². The molecule has 64 heavy (non-hydrogen) atoms. The van der Waals surface area contributed by atoms with Crippen molar-refractivity contribution in [2.45, 2.75) is 45.7 Å². The fraction of sp³-hybridized carbons (Fsp3) is 0.255. The van der Waals surface area contributed by atoms with Crippen LogP contribution in [-0.4, -0.2) is 79.8 Å². The molecule has 0 bridgehead atoms. The number of aryl methyl sites for hydroxylation is 3. The number of rotatable bonds is 8. The highest BCUT2D eigenvalue weighted by Gasteiger charge is 2.59. The summed E-state index contributed by atoms with van der Waals surface area (Å²) in [7, 11) is 5.75. The fourth-order valence-corrected chi connectivity index (χ4v) is 9.60. The van der Waals surface area contributed by atoms with Crippen LogP contribution in [0.25, 0.3) is 50.1 Å². The molecule has 1 N–H and O–H groups in total. The molecule has 0 unspecified atom stereocenters. The van der Waals surface area contributed by atoms with E-state index in [0.717, 1.165) is 44.4 Å². The zero-order valence-corrected chi connectivity index (χ0v) is 36.0. The smallest absolute Gasteiger partial charge is 0.363 e. The summed E-state index contributed by atoms with van der Waals surface area (Å²) in [6.07, 6.45) is 7.95. The number of nitrogens with one attached hydrogen (secondary N) is 1. The lowest BCUT2D eigenvalue weighted by molar-refractivity contribution is 0.0721.